The largest absolute Gasteiger partial charge is 0.381 e. The Labute approximate surface area is 122 Å². The molecule has 0 bridgehead atoms. The van der Waals surface area contributed by atoms with Crippen LogP contribution >= 0.6 is 12.4 Å². The van der Waals surface area contributed by atoms with E-state index in [2.05, 4.69) is 13.8 Å². The first-order chi connectivity index (χ1) is 8.52. The number of carbonyl (C=O) groups is 1. The highest BCUT2D eigenvalue weighted by atomic mass is 35.5. The molecule has 112 valence electrons. The second-order valence-corrected chi connectivity index (χ2v) is 6.36. The summed E-state index contributed by atoms with van der Waals surface area (Å²) in [4.78, 5) is 14.3. The van der Waals surface area contributed by atoms with E-state index in [-0.39, 0.29) is 24.4 Å². The lowest BCUT2D eigenvalue weighted by Crippen LogP contribution is -2.44. The molecule has 2 rings (SSSR count). The van der Waals surface area contributed by atoms with Crippen LogP contribution in [0.25, 0.3) is 0 Å². The molecule has 19 heavy (non-hydrogen) atoms. The SMILES string of the molecule is CC(C)C[C@H](N)C(=O)N1CCC2(CCOCC2)C1.Cl. The Morgan fingerprint density at radius 1 is 1.32 bits per heavy atom. The van der Waals surface area contributed by atoms with Crippen molar-refractivity contribution in [3.8, 4) is 0 Å². The van der Waals surface area contributed by atoms with Gasteiger partial charge in [-0.05, 0) is 37.0 Å². The summed E-state index contributed by atoms with van der Waals surface area (Å²) in [5.74, 6) is 0.621. The van der Waals surface area contributed by atoms with E-state index in [1.165, 1.54) is 0 Å². The molecule has 1 amide bonds. The minimum atomic E-state index is -0.319. The fourth-order valence-corrected chi connectivity index (χ4v) is 3.18. The van der Waals surface area contributed by atoms with Crippen molar-refractivity contribution in [1.29, 1.82) is 0 Å². The minimum Gasteiger partial charge on any atom is -0.381 e. The van der Waals surface area contributed by atoms with Crippen LogP contribution in [-0.4, -0.2) is 43.2 Å². The van der Waals surface area contributed by atoms with Gasteiger partial charge < -0.3 is 15.4 Å². The molecular formula is C14H27ClN2O2. The third kappa shape index (κ3) is 4.07. The maximum atomic E-state index is 12.3. The molecule has 2 N–H and O–H groups in total. The molecule has 2 fully saturated rings. The van der Waals surface area contributed by atoms with Gasteiger partial charge in [-0.25, -0.2) is 0 Å². The number of ether oxygens (including phenoxy) is 1. The van der Waals surface area contributed by atoms with Crippen molar-refractivity contribution in [3.63, 3.8) is 0 Å². The lowest BCUT2D eigenvalue weighted by Gasteiger charge is -2.33. The number of nitrogens with two attached hydrogens (primary N) is 1. The van der Waals surface area contributed by atoms with Crippen molar-refractivity contribution in [2.45, 2.75) is 45.6 Å². The third-order valence-electron chi connectivity index (χ3n) is 4.35. The summed E-state index contributed by atoms with van der Waals surface area (Å²) < 4.78 is 5.42. The number of rotatable bonds is 3. The van der Waals surface area contributed by atoms with E-state index in [1.807, 2.05) is 4.90 Å². The molecule has 1 spiro atoms. The van der Waals surface area contributed by atoms with Gasteiger partial charge in [0.2, 0.25) is 5.91 Å². The highest BCUT2D eigenvalue weighted by Gasteiger charge is 2.41. The Morgan fingerprint density at radius 2 is 1.95 bits per heavy atom. The highest BCUT2D eigenvalue weighted by Crippen LogP contribution is 2.39. The second-order valence-electron chi connectivity index (χ2n) is 6.36. The molecule has 0 saturated carbocycles. The standard InChI is InChI=1S/C14H26N2O2.ClH/c1-11(2)9-12(15)13(17)16-6-3-14(10-16)4-7-18-8-5-14;/h11-12H,3-10,15H2,1-2H3;1H/t12-;/m0./s1. The van der Waals surface area contributed by atoms with E-state index in [0.29, 0.717) is 11.3 Å². The molecule has 0 radical (unpaired) electrons. The molecule has 0 aromatic carbocycles. The van der Waals surface area contributed by atoms with Gasteiger partial charge in [-0.1, -0.05) is 13.8 Å². The van der Waals surface area contributed by atoms with Crippen LogP contribution in [0.4, 0.5) is 0 Å². The molecule has 5 heteroatoms. The number of amides is 1. The first kappa shape index (κ1) is 16.7. The van der Waals surface area contributed by atoms with E-state index >= 15 is 0 Å². The maximum absolute atomic E-state index is 12.3. The van der Waals surface area contributed by atoms with Crippen LogP contribution < -0.4 is 5.73 Å². The summed E-state index contributed by atoms with van der Waals surface area (Å²) in [5.41, 5.74) is 6.32. The van der Waals surface area contributed by atoms with Crippen molar-refractivity contribution in [2.24, 2.45) is 17.1 Å². The molecule has 1 atom stereocenters. The molecule has 0 aliphatic carbocycles. The van der Waals surface area contributed by atoms with Crippen LogP contribution in [-0.2, 0) is 9.53 Å². The number of halogens is 1. The summed E-state index contributed by atoms with van der Waals surface area (Å²) in [7, 11) is 0. The summed E-state index contributed by atoms with van der Waals surface area (Å²) in [5, 5.41) is 0. The maximum Gasteiger partial charge on any atom is 0.239 e. The topological polar surface area (TPSA) is 55.6 Å². The molecule has 0 unspecified atom stereocenters. The predicted octanol–water partition coefficient (Wildman–Crippen LogP) is 1.81. The lowest BCUT2D eigenvalue weighted by molar-refractivity contribution is -0.132. The zero-order chi connectivity index (χ0) is 13.2. The zero-order valence-corrected chi connectivity index (χ0v) is 12.9. The number of nitrogens with zero attached hydrogens (tertiary/aromatic N) is 1. The normalized spacial score (nSPS) is 23.5. The lowest BCUT2D eigenvalue weighted by atomic mass is 9.80. The molecular weight excluding hydrogens is 264 g/mol. The first-order valence-electron chi connectivity index (χ1n) is 7.14. The Bertz CT molecular complexity index is 304. The smallest absolute Gasteiger partial charge is 0.239 e. The van der Waals surface area contributed by atoms with Crippen LogP contribution in [0.3, 0.4) is 0 Å². The molecule has 4 nitrogen and oxygen atoms in total. The van der Waals surface area contributed by atoms with Gasteiger partial charge in [0.15, 0.2) is 0 Å². The number of hydrogen-bond donors (Lipinski definition) is 1. The number of hydrogen-bond acceptors (Lipinski definition) is 3. The Kier molecular flexibility index (Phi) is 6.09. The van der Waals surface area contributed by atoms with Crippen molar-refractivity contribution >= 4 is 18.3 Å². The van der Waals surface area contributed by atoms with Crippen molar-refractivity contribution in [2.75, 3.05) is 26.3 Å². The van der Waals surface area contributed by atoms with Gasteiger partial charge in [0.05, 0.1) is 6.04 Å². The Hall–Kier alpha value is -0.320. The molecule has 2 saturated heterocycles. The first-order valence-corrected chi connectivity index (χ1v) is 7.14. The zero-order valence-electron chi connectivity index (χ0n) is 12.1. The summed E-state index contributed by atoms with van der Waals surface area (Å²) in [6, 6.07) is -0.319. The molecule has 2 aliphatic heterocycles. The molecule has 0 aromatic rings. The van der Waals surface area contributed by atoms with Crippen molar-refractivity contribution in [1.82, 2.24) is 4.90 Å². The van der Waals surface area contributed by atoms with Gasteiger partial charge in [-0.3, -0.25) is 4.79 Å². The second kappa shape index (κ2) is 6.91. The van der Waals surface area contributed by atoms with E-state index < -0.39 is 0 Å². The number of likely N-dealkylation sites (tertiary alicyclic amines) is 1. The van der Waals surface area contributed by atoms with Gasteiger partial charge in [0.1, 0.15) is 0 Å². The van der Waals surface area contributed by atoms with E-state index in [1.54, 1.807) is 0 Å². The average Bonchev–Trinajstić information content (AvgIpc) is 2.72. The van der Waals surface area contributed by atoms with Gasteiger partial charge in [0.25, 0.3) is 0 Å². The molecule has 2 heterocycles. The van der Waals surface area contributed by atoms with Gasteiger partial charge in [-0.2, -0.15) is 0 Å². The van der Waals surface area contributed by atoms with Crippen molar-refractivity contribution < 1.29 is 9.53 Å². The Morgan fingerprint density at radius 3 is 2.53 bits per heavy atom. The summed E-state index contributed by atoms with van der Waals surface area (Å²) in [6.07, 6.45) is 4.09. The quantitative estimate of drug-likeness (QED) is 0.862. The fourth-order valence-electron chi connectivity index (χ4n) is 3.18. The third-order valence-corrected chi connectivity index (χ3v) is 4.35. The monoisotopic (exact) mass is 290 g/mol. The highest BCUT2D eigenvalue weighted by molar-refractivity contribution is 5.85. The van der Waals surface area contributed by atoms with Crippen molar-refractivity contribution in [3.05, 3.63) is 0 Å². The van der Waals surface area contributed by atoms with Gasteiger partial charge in [-0.15, -0.1) is 12.4 Å². The van der Waals surface area contributed by atoms with Crippen LogP contribution in [0, 0.1) is 11.3 Å². The summed E-state index contributed by atoms with van der Waals surface area (Å²) >= 11 is 0. The minimum absolute atomic E-state index is 0. The van der Waals surface area contributed by atoms with E-state index in [4.69, 9.17) is 10.5 Å². The molecule has 2 aliphatic rings. The molecule has 0 aromatic heterocycles. The summed E-state index contributed by atoms with van der Waals surface area (Å²) in [6.45, 7) is 7.68. The predicted molar refractivity (Wildman–Crippen MR) is 78.4 cm³/mol. The van der Waals surface area contributed by atoms with Gasteiger partial charge in [0, 0.05) is 26.3 Å². The van der Waals surface area contributed by atoms with Crippen LogP contribution in [0.2, 0.25) is 0 Å². The van der Waals surface area contributed by atoms with Gasteiger partial charge >= 0.3 is 0 Å². The van der Waals surface area contributed by atoms with Crippen LogP contribution in [0.5, 0.6) is 0 Å². The number of carbonyl (C=O) groups excluding carboxylic acids is 1. The van der Waals surface area contributed by atoms with E-state index in [9.17, 15) is 4.79 Å². The Balaban J connectivity index is 0.00000180. The van der Waals surface area contributed by atoms with Crippen LogP contribution in [0.1, 0.15) is 39.5 Å². The van der Waals surface area contributed by atoms with E-state index in [0.717, 1.165) is 52.0 Å². The average molecular weight is 291 g/mol. The van der Waals surface area contributed by atoms with Crippen LogP contribution in [0.15, 0.2) is 0 Å². The fraction of sp³-hybridized carbons (Fsp3) is 0.929.